The van der Waals surface area contributed by atoms with Crippen LogP contribution in [0.5, 0.6) is 28.7 Å². The Kier molecular flexibility index (Phi) is 25.7. The van der Waals surface area contributed by atoms with Crippen molar-refractivity contribution in [3.05, 3.63) is 198 Å². The third-order valence-electron chi connectivity index (χ3n) is 14.1. The van der Waals surface area contributed by atoms with Gasteiger partial charge < -0.3 is 33.9 Å². The standard InChI is InChI=1S/C38H45NO6.C29H27NO5.Cu/c1-2-37(41)44-26-12-8-6-4-3-5-7-11-25-43-34-22-17-31(18-23-34)38(42)45-35-24-19-32(36(40)27-35)28-39-33-20-15-30(16-21-33)29-13-9-10-14-29;1-2-28(32)34-19-20-7-9-23(10-8-20)29(33)35-26-16-13-24(27(31)17-26)18-30-25-14-11-22(12-15-25)21-5-3-4-6-21;/h2,15-24,27-29,40H,1,3-14,25-26H2;2,7-18,21,31H,1,3-6,19H2;. The predicted molar refractivity (Wildman–Crippen MR) is 312 cm³/mol. The third-order valence-corrected chi connectivity index (χ3v) is 14.1. The summed E-state index contributed by atoms with van der Waals surface area (Å²) in [6.07, 6.45) is 24.4. The molecule has 0 aromatic heterocycles. The largest absolute Gasteiger partial charge is 0.507 e. The number of hydrogen-bond acceptors (Lipinski definition) is 13. The van der Waals surface area contributed by atoms with Gasteiger partial charge in [-0.25, -0.2) is 19.2 Å². The Labute approximate surface area is 486 Å². The van der Waals surface area contributed by atoms with Crippen LogP contribution in [0.15, 0.2) is 169 Å². The van der Waals surface area contributed by atoms with Crippen LogP contribution in [-0.4, -0.2) is 59.7 Å². The first-order valence-electron chi connectivity index (χ1n) is 27.8. The maximum atomic E-state index is 12.7. The van der Waals surface area contributed by atoms with Crippen LogP contribution < -0.4 is 14.2 Å². The van der Waals surface area contributed by atoms with Crippen LogP contribution in [0.4, 0.5) is 11.4 Å². The van der Waals surface area contributed by atoms with Crippen molar-refractivity contribution in [2.45, 2.75) is 121 Å². The molecule has 0 amide bonds. The van der Waals surface area contributed by atoms with Crippen LogP contribution in [0.1, 0.15) is 163 Å². The maximum absolute atomic E-state index is 12.7. The van der Waals surface area contributed by atoms with Crippen LogP contribution in [0.25, 0.3) is 0 Å². The zero-order valence-electron chi connectivity index (χ0n) is 45.8. The quantitative estimate of drug-likeness (QED) is 0.0132. The second-order valence-electron chi connectivity index (χ2n) is 20.0. The van der Waals surface area contributed by atoms with Gasteiger partial charge in [-0.3, -0.25) is 9.98 Å². The smallest absolute Gasteiger partial charge is 0.343 e. The molecule has 2 saturated carbocycles. The molecule has 2 aliphatic rings. The van der Waals surface area contributed by atoms with Crippen molar-refractivity contribution in [1.82, 2.24) is 0 Å². The summed E-state index contributed by atoms with van der Waals surface area (Å²) in [5.41, 5.74) is 6.87. The number of carbonyl (C=O) groups is 4. The summed E-state index contributed by atoms with van der Waals surface area (Å²) >= 11 is 0. The van der Waals surface area contributed by atoms with Gasteiger partial charge in [0.05, 0.1) is 35.7 Å². The van der Waals surface area contributed by atoms with Gasteiger partial charge in [-0.1, -0.05) is 114 Å². The average Bonchev–Trinajstić information content (AvgIpc) is 4.25. The molecule has 0 unspecified atom stereocenters. The van der Waals surface area contributed by atoms with Crippen LogP contribution in [0.2, 0.25) is 0 Å². The van der Waals surface area contributed by atoms with Crippen molar-refractivity contribution in [2.24, 2.45) is 9.98 Å². The number of rotatable bonds is 26. The van der Waals surface area contributed by atoms with E-state index >= 15 is 0 Å². The Morgan fingerprint density at radius 1 is 0.481 bits per heavy atom. The van der Waals surface area contributed by atoms with Crippen molar-refractivity contribution in [3.63, 3.8) is 0 Å². The molecule has 8 rings (SSSR count). The molecular weight excluding hydrogens is 1070 g/mol. The van der Waals surface area contributed by atoms with E-state index in [9.17, 15) is 29.4 Å². The summed E-state index contributed by atoms with van der Waals surface area (Å²) in [7, 11) is 0. The minimum atomic E-state index is -0.567. The van der Waals surface area contributed by atoms with Gasteiger partial charge in [-0.15, -0.1) is 0 Å². The monoisotopic (exact) mass is 1140 g/mol. The number of ether oxygens (including phenoxy) is 5. The first-order chi connectivity index (χ1) is 39.0. The number of nitrogens with zero attached hydrogens (tertiary/aromatic N) is 2. The van der Waals surface area contributed by atoms with Crippen molar-refractivity contribution in [2.75, 3.05) is 13.2 Å². The number of phenolic OH excluding ortho intramolecular Hbond substituents is 2. The van der Waals surface area contributed by atoms with Crippen molar-refractivity contribution in [1.29, 1.82) is 0 Å². The minimum Gasteiger partial charge on any atom is -0.507 e. The summed E-state index contributed by atoms with van der Waals surface area (Å²) in [6.45, 7) is 7.90. The fourth-order valence-electron chi connectivity index (χ4n) is 9.52. The van der Waals surface area contributed by atoms with Gasteiger partial charge in [0.25, 0.3) is 0 Å². The second kappa shape index (κ2) is 33.5. The molecule has 0 heterocycles. The zero-order chi connectivity index (χ0) is 56.3. The fraction of sp³-hybridized carbons (Fsp3) is 0.313. The Morgan fingerprint density at radius 2 is 0.877 bits per heavy atom. The maximum Gasteiger partial charge on any atom is 0.343 e. The van der Waals surface area contributed by atoms with E-state index in [2.05, 4.69) is 47.4 Å². The number of benzene rings is 6. The van der Waals surface area contributed by atoms with Crippen molar-refractivity contribution in [3.8, 4) is 28.7 Å². The number of carbonyl (C=O) groups excluding carboxylic acids is 4. The molecule has 0 bridgehead atoms. The molecule has 0 atom stereocenters. The van der Waals surface area contributed by atoms with Gasteiger partial charge in [0.1, 0.15) is 35.4 Å². The minimum absolute atomic E-state index is 0. The number of hydrogen-bond donors (Lipinski definition) is 2. The zero-order valence-corrected chi connectivity index (χ0v) is 46.7. The Morgan fingerprint density at radius 3 is 1.31 bits per heavy atom. The molecule has 0 aliphatic heterocycles. The summed E-state index contributed by atoms with van der Waals surface area (Å²) < 4.78 is 26.6. The number of aromatic hydroxyl groups is 2. The first-order valence-corrected chi connectivity index (χ1v) is 27.8. The number of unbranched alkanes of at least 4 members (excludes halogenated alkanes) is 7. The first kappa shape index (κ1) is 62.1. The summed E-state index contributed by atoms with van der Waals surface area (Å²) in [4.78, 5) is 56.2. The second-order valence-corrected chi connectivity index (χ2v) is 20.0. The molecule has 6 aromatic rings. The van der Waals surface area contributed by atoms with Gasteiger partial charge in [0, 0.05) is 64.9 Å². The van der Waals surface area contributed by atoms with Gasteiger partial charge >= 0.3 is 23.9 Å². The number of aliphatic imine (C=N–C) groups is 2. The molecule has 2 fully saturated rings. The molecule has 0 spiro atoms. The molecule has 13 nitrogen and oxygen atoms in total. The number of esters is 4. The molecule has 14 heteroatoms. The van der Waals surface area contributed by atoms with Crippen LogP contribution >= 0.6 is 0 Å². The fourth-order valence-corrected chi connectivity index (χ4v) is 9.52. The van der Waals surface area contributed by atoms with E-state index in [1.54, 1.807) is 85.2 Å². The van der Waals surface area contributed by atoms with Crippen molar-refractivity contribution < 1.29 is 70.1 Å². The van der Waals surface area contributed by atoms with E-state index in [1.165, 1.54) is 93.5 Å². The molecular formula is C67H72CuN2O11. The van der Waals surface area contributed by atoms with E-state index in [0.29, 0.717) is 53.1 Å². The number of phenols is 2. The predicted octanol–water partition coefficient (Wildman–Crippen LogP) is 15.5. The van der Waals surface area contributed by atoms with E-state index < -0.39 is 17.9 Å². The normalized spacial score (nSPS) is 13.2. The van der Waals surface area contributed by atoms with Gasteiger partial charge in [0.15, 0.2) is 0 Å². The molecule has 2 aliphatic carbocycles. The molecule has 2 N–H and O–H groups in total. The molecule has 6 aromatic carbocycles. The molecule has 427 valence electrons. The Balaban J connectivity index is 0.000000265. The Bertz CT molecular complexity index is 3030. The van der Waals surface area contributed by atoms with Crippen LogP contribution in [-0.2, 0) is 42.7 Å². The summed E-state index contributed by atoms with van der Waals surface area (Å²) in [5, 5.41) is 20.9. The van der Waals surface area contributed by atoms with E-state index in [1.807, 2.05) is 24.3 Å². The topological polar surface area (TPSA) is 180 Å². The van der Waals surface area contributed by atoms with Gasteiger partial charge in [0.2, 0.25) is 0 Å². The van der Waals surface area contributed by atoms with Crippen LogP contribution in [0, 0.1) is 0 Å². The summed E-state index contributed by atoms with van der Waals surface area (Å²) in [6, 6.07) is 39.3. The SMILES string of the molecule is C=CC(=O)OCCCCCCCCCCOc1ccc(C(=O)Oc2ccc(C=Nc3ccc(C4CCCC4)cc3)c(O)c2)cc1.C=CC(=O)OCc1ccc(C(=O)Oc2ccc(C=Nc3ccc(C4CCCC4)cc3)c(O)c2)cc1.[Cu]. The van der Waals surface area contributed by atoms with Gasteiger partial charge in [-0.05, 0) is 152 Å². The van der Waals surface area contributed by atoms with Crippen molar-refractivity contribution >= 4 is 47.7 Å². The molecule has 1 radical (unpaired) electrons. The molecule has 81 heavy (non-hydrogen) atoms. The van der Waals surface area contributed by atoms with Gasteiger partial charge in [-0.2, -0.15) is 0 Å². The molecule has 0 saturated heterocycles. The van der Waals surface area contributed by atoms with E-state index in [0.717, 1.165) is 61.5 Å². The van der Waals surface area contributed by atoms with E-state index in [4.69, 9.17) is 23.7 Å². The Hall–Kier alpha value is -8.06. The average molecular weight is 1140 g/mol. The third kappa shape index (κ3) is 20.8. The van der Waals surface area contributed by atoms with E-state index in [-0.39, 0.29) is 52.6 Å². The van der Waals surface area contributed by atoms with Crippen LogP contribution in [0.3, 0.4) is 0 Å². The summed E-state index contributed by atoms with van der Waals surface area (Å²) in [5.74, 6) is 0.499.